The van der Waals surface area contributed by atoms with Gasteiger partial charge in [0.1, 0.15) is 0 Å². The molecule has 0 saturated carbocycles. The Balaban J connectivity index is 0.000000437. The van der Waals surface area contributed by atoms with Gasteiger partial charge in [-0.25, -0.2) is 23.1 Å². The summed E-state index contributed by atoms with van der Waals surface area (Å²) >= 11 is 0. The minimum Gasteiger partial charge on any atom is -0.222 e. The maximum atomic E-state index is 8.49. The highest BCUT2D eigenvalue weighted by atomic mass is 35.7. The molecule has 0 spiro atoms. The Morgan fingerprint density at radius 3 is 1.71 bits per heavy atom. The van der Waals surface area contributed by atoms with E-state index >= 15 is 0 Å². The Hall–Kier alpha value is -0.720. The molecule has 0 bridgehead atoms. The first kappa shape index (κ1) is 16.3. The fourth-order valence-electron chi connectivity index (χ4n) is 1.47. The van der Waals surface area contributed by atoms with Crippen molar-refractivity contribution in [3.63, 3.8) is 0 Å². The molecule has 1 rings (SSSR count). The molecule has 17 heavy (non-hydrogen) atoms. The van der Waals surface area contributed by atoms with Crippen LogP contribution in [0.4, 0.5) is 0 Å². The standard InChI is InChI=1S/C11H17O.ClHO4/c1-8(2)5-11-6-9(3)12-10(4)7-11;2-1(3,4)5/h6-8H,5H2,1-4H3;(H,2,3,4,5)/q+1;/p-1. The van der Waals surface area contributed by atoms with Gasteiger partial charge < -0.3 is 0 Å². The third-order valence-electron chi connectivity index (χ3n) is 1.74. The summed E-state index contributed by atoms with van der Waals surface area (Å²) in [5, 5.41) is 0. The number of halogens is 1. The molecule has 6 heteroatoms. The first-order chi connectivity index (χ1) is 7.58. The highest BCUT2D eigenvalue weighted by Crippen LogP contribution is 2.12. The first-order valence-corrected chi connectivity index (χ1v) is 6.33. The lowest BCUT2D eigenvalue weighted by atomic mass is 10.0. The first-order valence-electron chi connectivity index (χ1n) is 5.10. The molecular weight excluding hydrogens is 248 g/mol. The molecule has 0 N–H and O–H groups in total. The molecule has 1 aromatic rings. The summed E-state index contributed by atoms with van der Waals surface area (Å²) in [6, 6.07) is 4.24. The number of hydrogen-bond acceptors (Lipinski definition) is 4. The molecular formula is C11H17ClO5. The van der Waals surface area contributed by atoms with E-state index in [4.69, 9.17) is 23.1 Å². The Labute approximate surface area is 103 Å². The quantitative estimate of drug-likeness (QED) is 0.613. The molecule has 0 atom stereocenters. The van der Waals surface area contributed by atoms with E-state index in [1.165, 1.54) is 5.56 Å². The van der Waals surface area contributed by atoms with Gasteiger partial charge in [-0.2, -0.15) is 0 Å². The van der Waals surface area contributed by atoms with Crippen LogP contribution in [0.15, 0.2) is 16.5 Å². The van der Waals surface area contributed by atoms with E-state index in [0.29, 0.717) is 5.92 Å². The zero-order valence-corrected chi connectivity index (χ0v) is 11.1. The zero-order chi connectivity index (χ0) is 13.6. The van der Waals surface area contributed by atoms with Gasteiger partial charge in [-0.1, -0.05) is 13.8 Å². The van der Waals surface area contributed by atoms with E-state index in [-0.39, 0.29) is 0 Å². The number of rotatable bonds is 2. The lowest BCUT2D eigenvalue weighted by Crippen LogP contribution is -2.68. The molecule has 0 aliphatic heterocycles. The van der Waals surface area contributed by atoms with E-state index in [1.807, 2.05) is 13.8 Å². The summed E-state index contributed by atoms with van der Waals surface area (Å²) in [5.74, 6) is 2.72. The summed E-state index contributed by atoms with van der Waals surface area (Å²) < 4.78 is 39.4. The molecule has 0 unspecified atom stereocenters. The summed E-state index contributed by atoms with van der Waals surface area (Å²) in [5.41, 5.74) is 1.38. The van der Waals surface area contributed by atoms with Crippen molar-refractivity contribution in [1.82, 2.24) is 0 Å². The van der Waals surface area contributed by atoms with Crippen molar-refractivity contribution in [2.75, 3.05) is 0 Å². The fourth-order valence-corrected chi connectivity index (χ4v) is 1.47. The SMILES string of the molecule is Cc1cc(CC(C)C)cc(C)[o+]1.[O-][Cl+3]([O-])([O-])[O-]. The Bertz CT molecular complexity index is 320. The van der Waals surface area contributed by atoms with Crippen LogP contribution in [-0.2, 0) is 6.42 Å². The van der Waals surface area contributed by atoms with Crippen molar-refractivity contribution in [2.45, 2.75) is 34.1 Å². The van der Waals surface area contributed by atoms with Crippen molar-refractivity contribution >= 4 is 0 Å². The second-order valence-electron chi connectivity index (χ2n) is 4.16. The van der Waals surface area contributed by atoms with Crippen LogP contribution >= 0.6 is 0 Å². The average molecular weight is 265 g/mol. The van der Waals surface area contributed by atoms with Gasteiger partial charge in [0.25, 0.3) is 0 Å². The van der Waals surface area contributed by atoms with E-state index in [0.717, 1.165) is 17.9 Å². The van der Waals surface area contributed by atoms with Crippen LogP contribution in [0.3, 0.4) is 0 Å². The second kappa shape index (κ2) is 6.88. The molecule has 0 aliphatic rings. The van der Waals surface area contributed by atoms with Crippen LogP contribution in [0, 0.1) is 30.0 Å². The van der Waals surface area contributed by atoms with Crippen LogP contribution < -0.4 is 18.6 Å². The van der Waals surface area contributed by atoms with Gasteiger partial charge in [-0.05, 0) is 17.9 Å². The van der Waals surface area contributed by atoms with Crippen LogP contribution in [-0.4, -0.2) is 0 Å². The van der Waals surface area contributed by atoms with Crippen molar-refractivity contribution in [3.8, 4) is 0 Å². The normalized spacial score (nSPS) is 11.1. The number of aryl methyl sites for hydroxylation is 2. The third kappa shape index (κ3) is 11.5. The van der Waals surface area contributed by atoms with Crippen molar-refractivity contribution in [3.05, 3.63) is 29.2 Å². The molecule has 0 amide bonds. The average Bonchev–Trinajstić information content (AvgIpc) is 1.95. The topological polar surface area (TPSA) is 104 Å². The number of hydrogen-bond donors (Lipinski definition) is 0. The fraction of sp³-hybridized carbons (Fsp3) is 0.545. The second-order valence-corrected chi connectivity index (χ2v) is 4.92. The van der Waals surface area contributed by atoms with Crippen molar-refractivity contribution < 1.29 is 33.3 Å². The minimum absolute atomic E-state index is 0.714. The van der Waals surface area contributed by atoms with Crippen LogP contribution in [0.25, 0.3) is 0 Å². The van der Waals surface area contributed by atoms with E-state index in [9.17, 15) is 0 Å². The lowest BCUT2D eigenvalue weighted by Gasteiger charge is -2.17. The van der Waals surface area contributed by atoms with Crippen molar-refractivity contribution in [1.29, 1.82) is 0 Å². The van der Waals surface area contributed by atoms with Crippen LogP contribution in [0.5, 0.6) is 0 Å². The van der Waals surface area contributed by atoms with E-state index in [1.54, 1.807) is 0 Å². The maximum absolute atomic E-state index is 8.49. The Kier molecular flexibility index (Phi) is 6.59. The summed E-state index contributed by atoms with van der Waals surface area (Å²) in [6.07, 6.45) is 1.14. The molecule has 0 aliphatic carbocycles. The highest BCUT2D eigenvalue weighted by Gasteiger charge is 2.08. The van der Waals surface area contributed by atoms with Gasteiger partial charge in [0.05, 0.1) is 13.8 Å². The van der Waals surface area contributed by atoms with Gasteiger partial charge in [0.15, 0.2) is 0 Å². The zero-order valence-electron chi connectivity index (χ0n) is 10.4. The van der Waals surface area contributed by atoms with Crippen LogP contribution in [0.1, 0.15) is 30.9 Å². The summed E-state index contributed by atoms with van der Waals surface area (Å²) in [6.45, 7) is 8.46. The molecule has 0 fully saturated rings. The predicted octanol–water partition coefficient (Wildman–Crippen LogP) is -1.38. The summed E-state index contributed by atoms with van der Waals surface area (Å²) in [4.78, 5) is 0. The van der Waals surface area contributed by atoms with Crippen molar-refractivity contribution in [2.24, 2.45) is 5.92 Å². The van der Waals surface area contributed by atoms with E-state index < -0.39 is 10.2 Å². The van der Waals surface area contributed by atoms with E-state index in [2.05, 4.69) is 26.0 Å². The predicted molar refractivity (Wildman–Crippen MR) is 51.1 cm³/mol. The minimum atomic E-state index is -4.94. The molecule has 5 nitrogen and oxygen atoms in total. The summed E-state index contributed by atoms with van der Waals surface area (Å²) in [7, 11) is -4.94. The molecule has 1 aromatic heterocycles. The van der Waals surface area contributed by atoms with Gasteiger partial charge in [0, 0.05) is 12.1 Å². The molecule has 0 saturated heterocycles. The van der Waals surface area contributed by atoms with Gasteiger partial charge in [-0.15, -0.1) is 10.2 Å². The lowest BCUT2D eigenvalue weighted by molar-refractivity contribution is -2.00. The van der Waals surface area contributed by atoms with Gasteiger partial charge in [-0.3, -0.25) is 0 Å². The molecule has 98 valence electrons. The van der Waals surface area contributed by atoms with Crippen LogP contribution in [0.2, 0.25) is 0 Å². The molecule has 1 heterocycles. The maximum Gasteiger partial charge on any atom is 0.326 e. The smallest absolute Gasteiger partial charge is 0.222 e. The van der Waals surface area contributed by atoms with Gasteiger partial charge >= 0.3 is 11.5 Å². The molecule has 0 aromatic carbocycles. The molecule has 0 radical (unpaired) electrons. The van der Waals surface area contributed by atoms with Gasteiger partial charge in [0.2, 0.25) is 0 Å². The Morgan fingerprint density at radius 1 is 1.06 bits per heavy atom. The largest absolute Gasteiger partial charge is 0.326 e. The monoisotopic (exact) mass is 264 g/mol. The Morgan fingerprint density at radius 2 is 1.41 bits per heavy atom. The highest BCUT2D eigenvalue weighted by molar-refractivity contribution is 5.17. The third-order valence-corrected chi connectivity index (χ3v) is 1.74.